The molecular formula is C20H17N3O3S. The predicted molar refractivity (Wildman–Crippen MR) is 109 cm³/mol. The van der Waals surface area contributed by atoms with E-state index in [2.05, 4.69) is 15.0 Å². The zero-order chi connectivity index (χ0) is 19.0. The van der Waals surface area contributed by atoms with Crippen LogP contribution < -0.4 is 10.0 Å². The number of fused-ring (bicyclic) bond motifs is 2. The smallest absolute Gasteiger partial charge is 0.229 e. The fraction of sp³-hybridized carbons (Fsp3) is 0.0500. The van der Waals surface area contributed by atoms with E-state index >= 15 is 0 Å². The van der Waals surface area contributed by atoms with Gasteiger partial charge in [-0.2, -0.15) is 0 Å². The molecule has 0 spiro atoms. The number of pyridine rings is 1. The third kappa shape index (κ3) is 3.50. The van der Waals surface area contributed by atoms with Gasteiger partial charge in [0.05, 0.1) is 34.4 Å². The number of phenols is 1. The van der Waals surface area contributed by atoms with Gasteiger partial charge in [-0.05, 0) is 24.3 Å². The van der Waals surface area contributed by atoms with E-state index in [1.54, 1.807) is 12.1 Å². The first kappa shape index (κ1) is 17.1. The Labute approximate surface area is 156 Å². The zero-order valence-electron chi connectivity index (χ0n) is 14.5. The average molecular weight is 379 g/mol. The Kier molecular flexibility index (Phi) is 4.08. The summed E-state index contributed by atoms with van der Waals surface area (Å²) >= 11 is 0. The van der Waals surface area contributed by atoms with E-state index in [0.717, 1.165) is 33.7 Å². The van der Waals surface area contributed by atoms with Crippen LogP contribution in [0.3, 0.4) is 0 Å². The standard InChI is InChI=1S/C20H17N3O3S/c1-27(25,26)23-13-10-11-18(19(24)12-13)22-20-14-6-2-4-8-16(14)21-17-9-5-3-7-15(17)20/h2-12,23-24H,1H3,(H,21,22). The van der Waals surface area contributed by atoms with Crippen LogP contribution >= 0.6 is 0 Å². The molecule has 0 aliphatic carbocycles. The van der Waals surface area contributed by atoms with Gasteiger partial charge in [-0.3, -0.25) is 4.72 Å². The summed E-state index contributed by atoms with van der Waals surface area (Å²) in [6, 6.07) is 20.1. The van der Waals surface area contributed by atoms with E-state index in [4.69, 9.17) is 0 Å². The summed E-state index contributed by atoms with van der Waals surface area (Å²) in [6.07, 6.45) is 1.06. The molecule has 136 valence electrons. The van der Waals surface area contributed by atoms with E-state index in [9.17, 15) is 13.5 Å². The average Bonchev–Trinajstić information content (AvgIpc) is 2.62. The second-order valence-corrected chi connectivity index (χ2v) is 8.00. The molecule has 0 bridgehead atoms. The van der Waals surface area contributed by atoms with Crippen LogP contribution in [0.25, 0.3) is 21.8 Å². The molecule has 4 aromatic rings. The highest BCUT2D eigenvalue weighted by molar-refractivity contribution is 7.92. The van der Waals surface area contributed by atoms with Crippen LogP contribution in [0.2, 0.25) is 0 Å². The number of benzene rings is 3. The number of nitrogens with one attached hydrogen (secondary N) is 2. The number of aromatic hydroxyl groups is 1. The monoisotopic (exact) mass is 379 g/mol. The van der Waals surface area contributed by atoms with Gasteiger partial charge < -0.3 is 10.4 Å². The van der Waals surface area contributed by atoms with E-state index < -0.39 is 10.0 Å². The molecule has 6 nitrogen and oxygen atoms in total. The Morgan fingerprint density at radius 3 is 2.04 bits per heavy atom. The fourth-order valence-corrected chi connectivity index (χ4v) is 3.58. The molecule has 0 fully saturated rings. The molecule has 1 aromatic heterocycles. The van der Waals surface area contributed by atoms with Crippen LogP contribution in [-0.4, -0.2) is 24.8 Å². The lowest BCUT2D eigenvalue weighted by atomic mass is 10.1. The van der Waals surface area contributed by atoms with Gasteiger partial charge in [0.2, 0.25) is 10.0 Å². The zero-order valence-corrected chi connectivity index (χ0v) is 15.3. The summed E-state index contributed by atoms with van der Waals surface area (Å²) in [5, 5.41) is 15.5. The van der Waals surface area contributed by atoms with Gasteiger partial charge in [0.25, 0.3) is 0 Å². The molecular weight excluding hydrogens is 362 g/mol. The van der Waals surface area contributed by atoms with Crippen molar-refractivity contribution >= 4 is 48.9 Å². The molecule has 0 radical (unpaired) electrons. The van der Waals surface area contributed by atoms with E-state index in [1.807, 2.05) is 48.5 Å². The lowest BCUT2D eigenvalue weighted by molar-refractivity contribution is 0.478. The van der Waals surface area contributed by atoms with Crippen LogP contribution in [0, 0.1) is 0 Å². The minimum Gasteiger partial charge on any atom is -0.506 e. The lowest BCUT2D eigenvalue weighted by Gasteiger charge is -2.15. The lowest BCUT2D eigenvalue weighted by Crippen LogP contribution is -2.09. The van der Waals surface area contributed by atoms with Gasteiger partial charge in [0.1, 0.15) is 5.75 Å². The van der Waals surface area contributed by atoms with Crippen molar-refractivity contribution in [1.29, 1.82) is 0 Å². The largest absolute Gasteiger partial charge is 0.506 e. The fourth-order valence-electron chi connectivity index (χ4n) is 3.02. The van der Waals surface area contributed by atoms with Crippen molar-refractivity contribution in [3.63, 3.8) is 0 Å². The maximum Gasteiger partial charge on any atom is 0.229 e. The minimum absolute atomic E-state index is 0.0615. The van der Waals surface area contributed by atoms with Crippen molar-refractivity contribution in [1.82, 2.24) is 4.98 Å². The Morgan fingerprint density at radius 2 is 1.48 bits per heavy atom. The van der Waals surface area contributed by atoms with Crippen LogP contribution in [0.15, 0.2) is 66.7 Å². The van der Waals surface area contributed by atoms with Crippen molar-refractivity contribution in [2.24, 2.45) is 0 Å². The summed E-state index contributed by atoms with van der Waals surface area (Å²) in [7, 11) is -3.41. The Balaban J connectivity index is 1.83. The number of phenolic OH excluding ortho intramolecular Hbond substituents is 1. The van der Waals surface area contributed by atoms with Crippen LogP contribution in [-0.2, 0) is 10.0 Å². The third-order valence-electron chi connectivity index (χ3n) is 4.15. The van der Waals surface area contributed by atoms with Crippen LogP contribution in [0.1, 0.15) is 0 Å². The Hall–Kier alpha value is -3.32. The van der Waals surface area contributed by atoms with Crippen LogP contribution in [0.4, 0.5) is 17.1 Å². The highest BCUT2D eigenvalue weighted by atomic mass is 32.2. The van der Waals surface area contributed by atoms with Crippen molar-refractivity contribution < 1.29 is 13.5 Å². The van der Waals surface area contributed by atoms with E-state index in [-0.39, 0.29) is 5.75 Å². The quantitative estimate of drug-likeness (QED) is 0.365. The normalized spacial score (nSPS) is 11.6. The van der Waals surface area contributed by atoms with Crippen molar-refractivity contribution in [2.75, 3.05) is 16.3 Å². The maximum atomic E-state index is 11.4. The van der Waals surface area contributed by atoms with Crippen LogP contribution in [0.5, 0.6) is 5.75 Å². The number of nitrogens with zero attached hydrogens (tertiary/aromatic N) is 1. The van der Waals surface area contributed by atoms with Gasteiger partial charge in [-0.25, -0.2) is 13.4 Å². The molecule has 0 aliphatic rings. The Morgan fingerprint density at radius 1 is 0.889 bits per heavy atom. The SMILES string of the molecule is CS(=O)(=O)Nc1ccc(Nc2c3ccccc3nc3ccccc23)c(O)c1. The second kappa shape index (κ2) is 6.44. The molecule has 3 N–H and O–H groups in total. The first-order valence-corrected chi connectivity index (χ1v) is 10.2. The summed E-state index contributed by atoms with van der Waals surface area (Å²) in [6.45, 7) is 0. The Bertz CT molecular complexity index is 1220. The molecule has 0 saturated heterocycles. The summed E-state index contributed by atoms with van der Waals surface area (Å²) < 4.78 is 25.1. The third-order valence-corrected chi connectivity index (χ3v) is 4.75. The molecule has 0 unspecified atom stereocenters. The number of sulfonamides is 1. The summed E-state index contributed by atoms with van der Waals surface area (Å²) in [4.78, 5) is 4.68. The van der Waals surface area contributed by atoms with Gasteiger partial charge in [-0.1, -0.05) is 36.4 Å². The molecule has 4 rings (SSSR count). The summed E-state index contributed by atoms with van der Waals surface area (Å²) in [5.41, 5.74) is 3.28. The van der Waals surface area contributed by atoms with Gasteiger partial charge in [-0.15, -0.1) is 0 Å². The van der Waals surface area contributed by atoms with Gasteiger partial charge in [0.15, 0.2) is 0 Å². The topological polar surface area (TPSA) is 91.3 Å². The molecule has 7 heteroatoms. The highest BCUT2D eigenvalue weighted by Gasteiger charge is 2.12. The van der Waals surface area contributed by atoms with Crippen molar-refractivity contribution in [2.45, 2.75) is 0 Å². The number of aromatic nitrogens is 1. The summed E-state index contributed by atoms with van der Waals surface area (Å²) in [5.74, 6) is -0.0615. The molecule has 0 atom stereocenters. The molecule has 1 heterocycles. The number of hydrogen-bond acceptors (Lipinski definition) is 5. The number of para-hydroxylation sites is 2. The van der Waals surface area contributed by atoms with Gasteiger partial charge in [0, 0.05) is 16.8 Å². The van der Waals surface area contributed by atoms with Crippen molar-refractivity contribution in [3.8, 4) is 5.75 Å². The predicted octanol–water partition coefficient (Wildman–Crippen LogP) is 4.21. The molecule has 0 amide bonds. The first-order chi connectivity index (χ1) is 12.9. The van der Waals surface area contributed by atoms with E-state index in [1.165, 1.54) is 6.07 Å². The molecule has 3 aromatic carbocycles. The maximum absolute atomic E-state index is 11.4. The molecule has 0 aliphatic heterocycles. The first-order valence-electron chi connectivity index (χ1n) is 8.26. The highest BCUT2D eigenvalue weighted by Crippen LogP contribution is 2.36. The number of rotatable bonds is 4. The minimum atomic E-state index is -3.41. The molecule has 0 saturated carbocycles. The van der Waals surface area contributed by atoms with Gasteiger partial charge >= 0.3 is 0 Å². The number of hydrogen-bond donors (Lipinski definition) is 3. The van der Waals surface area contributed by atoms with E-state index in [0.29, 0.717) is 11.4 Å². The molecule has 27 heavy (non-hydrogen) atoms. The van der Waals surface area contributed by atoms with Crippen molar-refractivity contribution in [3.05, 3.63) is 66.7 Å². The number of anilines is 3. The second-order valence-electron chi connectivity index (χ2n) is 6.25.